The van der Waals surface area contributed by atoms with Gasteiger partial charge in [-0.1, -0.05) is 60.3 Å². The SMILES string of the molecule is NCCN(Cc1ccccc1)C(=O)NC1=NC2C=CC(c3ccncc3)=CC2S1. The number of nitrogens with one attached hydrogen (secondary N) is 1. The van der Waals surface area contributed by atoms with Crippen molar-refractivity contribution in [3.05, 3.63) is 84.2 Å². The number of fused-ring (bicyclic) bond motifs is 1. The Labute approximate surface area is 174 Å². The molecular formula is C22H23N5OS. The molecule has 1 aliphatic carbocycles. The minimum atomic E-state index is -0.175. The van der Waals surface area contributed by atoms with Gasteiger partial charge in [-0.05, 0) is 28.8 Å². The molecule has 2 atom stereocenters. The quantitative estimate of drug-likeness (QED) is 0.801. The lowest BCUT2D eigenvalue weighted by atomic mass is 9.98. The van der Waals surface area contributed by atoms with Crippen molar-refractivity contribution in [3.8, 4) is 0 Å². The molecule has 29 heavy (non-hydrogen) atoms. The average molecular weight is 406 g/mol. The van der Waals surface area contributed by atoms with E-state index < -0.39 is 0 Å². The van der Waals surface area contributed by atoms with Crippen molar-refractivity contribution in [1.82, 2.24) is 15.2 Å². The molecule has 2 aromatic rings. The molecule has 1 aromatic heterocycles. The zero-order chi connectivity index (χ0) is 20.1. The van der Waals surface area contributed by atoms with Crippen molar-refractivity contribution in [2.45, 2.75) is 17.8 Å². The number of benzene rings is 1. The van der Waals surface area contributed by atoms with E-state index in [0.717, 1.165) is 16.7 Å². The molecule has 1 aromatic carbocycles. The van der Waals surface area contributed by atoms with Crippen LogP contribution in [-0.2, 0) is 6.54 Å². The largest absolute Gasteiger partial charge is 0.329 e. The standard InChI is InChI=1S/C22H23N5OS/c23-10-13-27(15-16-4-2-1-3-5-16)22(28)26-21-25-19-7-6-18(14-20(19)29-21)17-8-11-24-12-9-17/h1-9,11-12,14,19-20H,10,13,15,23H2,(H,25,26,28). The molecular weight excluding hydrogens is 382 g/mol. The summed E-state index contributed by atoms with van der Waals surface area (Å²) in [4.78, 5) is 23.3. The third kappa shape index (κ3) is 4.75. The first-order valence-corrected chi connectivity index (χ1v) is 10.5. The van der Waals surface area contributed by atoms with E-state index in [1.165, 1.54) is 0 Å². The molecule has 148 valence electrons. The van der Waals surface area contributed by atoms with Gasteiger partial charge in [0.1, 0.15) is 0 Å². The highest BCUT2D eigenvalue weighted by molar-refractivity contribution is 8.14. The molecule has 2 amide bonds. The smallest absolute Gasteiger partial charge is 0.323 e. The van der Waals surface area contributed by atoms with E-state index in [4.69, 9.17) is 5.73 Å². The third-order valence-electron chi connectivity index (χ3n) is 4.80. The van der Waals surface area contributed by atoms with Crippen LogP contribution in [0.5, 0.6) is 0 Å². The van der Waals surface area contributed by atoms with Gasteiger partial charge in [0, 0.05) is 32.0 Å². The Morgan fingerprint density at radius 1 is 1.17 bits per heavy atom. The van der Waals surface area contributed by atoms with E-state index in [9.17, 15) is 4.79 Å². The number of urea groups is 1. The van der Waals surface area contributed by atoms with E-state index in [1.54, 1.807) is 29.1 Å². The normalized spacial score (nSPS) is 19.9. The van der Waals surface area contributed by atoms with Crippen LogP contribution in [0.3, 0.4) is 0 Å². The number of carbonyl (C=O) groups excluding carboxylic acids is 1. The molecule has 2 heterocycles. The summed E-state index contributed by atoms with van der Waals surface area (Å²) in [5, 5.41) is 3.79. The number of pyridine rings is 1. The predicted octanol–water partition coefficient (Wildman–Crippen LogP) is 3.05. The van der Waals surface area contributed by atoms with Gasteiger partial charge in [0.05, 0.1) is 11.3 Å². The van der Waals surface area contributed by atoms with Crippen molar-refractivity contribution < 1.29 is 4.79 Å². The number of amidine groups is 1. The predicted molar refractivity (Wildman–Crippen MR) is 118 cm³/mol. The van der Waals surface area contributed by atoms with Crippen molar-refractivity contribution in [1.29, 1.82) is 0 Å². The minimum absolute atomic E-state index is 0.0398. The molecule has 0 fully saturated rings. The molecule has 2 unspecified atom stereocenters. The van der Waals surface area contributed by atoms with Crippen LogP contribution in [0.4, 0.5) is 4.79 Å². The van der Waals surface area contributed by atoms with Crippen LogP contribution in [0.25, 0.3) is 5.57 Å². The van der Waals surface area contributed by atoms with Crippen LogP contribution >= 0.6 is 11.8 Å². The molecule has 1 aliphatic heterocycles. The first-order chi connectivity index (χ1) is 14.2. The number of aliphatic imine (C=N–C) groups is 1. The van der Waals surface area contributed by atoms with E-state index in [-0.39, 0.29) is 17.3 Å². The Bertz CT molecular complexity index is 942. The first kappa shape index (κ1) is 19.4. The number of nitrogens with zero attached hydrogens (tertiary/aromatic N) is 3. The van der Waals surface area contributed by atoms with Crippen LogP contribution in [0.15, 0.2) is 78.1 Å². The van der Waals surface area contributed by atoms with Crippen LogP contribution < -0.4 is 11.1 Å². The van der Waals surface area contributed by atoms with Gasteiger partial charge in [-0.3, -0.25) is 15.3 Å². The van der Waals surface area contributed by atoms with Crippen LogP contribution in [0.1, 0.15) is 11.1 Å². The number of hydrogen-bond donors (Lipinski definition) is 2. The lowest BCUT2D eigenvalue weighted by Gasteiger charge is -2.22. The number of rotatable bonds is 5. The lowest BCUT2D eigenvalue weighted by Crippen LogP contribution is -2.43. The van der Waals surface area contributed by atoms with Gasteiger partial charge in [0.25, 0.3) is 0 Å². The molecule has 3 N–H and O–H groups in total. The summed E-state index contributed by atoms with van der Waals surface area (Å²) in [6.07, 6.45) is 9.96. The van der Waals surface area contributed by atoms with Crippen LogP contribution in [0, 0.1) is 0 Å². The van der Waals surface area contributed by atoms with Gasteiger partial charge in [-0.2, -0.15) is 0 Å². The number of allylic oxidation sites excluding steroid dienone is 2. The molecule has 0 bridgehead atoms. The maximum atomic E-state index is 12.8. The number of hydrogen-bond acceptors (Lipinski definition) is 5. The van der Waals surface area contributed by atoms with Crippen LogP contribution in [0.2, 0.25) is 0 Å². The second-order valence-corrected chi connectivity index (χ2v) is 8.02. The summed E-state index contributed by atoms with van der Waals surface area (Å²) in [6.45, 7) is 1.41. The summed E-state index contributed by atoms with van der Waals surface area (Å²) >= 11 is 1.58. The molecule has 0 saturated heterocycles. The Balaban J connectivity index is 1.40. The zero-order valence-electron chi connectivity index (χ0n) is 15.9. The molecule has 2 aliphatic rings. The highest BCUT2D eigenvalue weighted by Gasteiger charge is 2.31. The fraction of sp³-hybridized carbons (Fsp3) is 0.227. The van der Waals surface area contributed by atoms with Gasteiger partial charge in [0.15, 0.2) is 5.17 Å². The number of nitrogens with two attached hydrogens (primary N) is 1. The minimum Gasteiger partial charge on any atom is -0.329 e. The number of carbonyl (C=O) groups is 1. The lowest BCUT2D eigenvalue weighted by molar-refractivity contribution is 0.202. The summed E-state index contributed by atoms with van der Waals surface area (Å²) in [5.41, 5.74) is 9.06. The van der Waals surface area contributed by atoms with Gasteiger partial charge in [-0.15, -0.1) is 0 Å². The topological polar surface area (TPSA) is 83.6 Å². The molecule has 0 radical (unpaired) electrons. The zero-order valence-corrected chi connectivity index (χ0v) is 16.8. The second-order valence-electron chi connectivity index (χ2n) is 6.85. The average Bonchev–Trinajstić information content (AvgIpc) is 3.16. The van der Waals surface area contributed by atoms with Crippen LogP contribution in [-0.4, -0.2) is 45.5 Å². The van der Waals surface area contributed by atoms with E-state index in [0.29, 0.717) is 24.8 Å². The van der Waals surface area contributed by atoms with Gasteiger partial charge >= 0.3 is 6.03 Å². The van der Waals surface area contributed by atoms with Crippen molar-refractivity contribution in [2.75, 3.05) is 13.1 Å². The van der Waals surface area contributed by atoms with Gasteiger partial charge < -0.3 is 10.6 Å². The summed E-state index contributed by atoms with van der Waals surface area (Å²) in [5.74, 6) is 0. The van der Waals surface area contributed by atoms with Crippen molar-refractivity contribution in [3.63, 3.8) is 0 Å². The van der Waals surface area contributed by atoms with Crippen molar-refractivity contribution >= 4 is 28.5 Å². The summed E-state index contributed by atoms with van der Waals surface area (Å²) in [7, 11) is 0. The number of amides is 2. The fourth-order valence-electron chi connectivity index (χ4n) is 3.34. The summed E-state index contributed by atoms with van der Waals surface area (Å²) < 4.78 is 0. The van der Waals surface area contributed by atoms with Crippen molar-refractivity contribution in [2.24, 2.45) is 10.7 Å². The van der Waals surface area contributed by atoms with E-state index in [1.807, 2.05) is 42.5 Å². The molecule has 0 saturated carbocycles. The second kappa shape index (κ2) is 9.07. The molecule has 0 spiro atoms. The highest BCUT2D eigenvalue weighted by atomic mass is 32.2. The third-order valence-corrected chi connectivity index (χ3v) is 5.92. The maximum Gasteiger partial charge on any atom is 0.323 e. The highest BCUT2D eigenvalue weighted by Crippen LogP contribution is 2.34. The van der Waals surface area contributed by atoms with E-state index >= 15 is 0 Å². The Morgan fingerprint density at radius 3 is 2.72 bits per heavy atom. The molecule has 6 nitrogen and oxygen atoms in total. The Morgan fingerprint density at radius 2 is 1.97 bits per heavy atom. The molecule has 4 rings (SSSR count). The number of thioether (sulfide) groups is 1. The molecule has 7 heteroatoms. The van der Waals surface area contributed by atoms with Gasteiger partial charge in [0.2, 0.25) is 0 Å². The first-order valence-electron chi connectivity index (χ1n) is 9.58. The fourth-order valence-corrected chi connectivity index (χ4v) is 4.43. The summed E-state index contributed by atoms with van der Waals surface area (Å²) in [6, 6.07) is 13.8. The monoisotopic (exact) mass is 405 g/mol. The van der Waals surface area contributed by atoms with Gasteiger partial charge in [-0.25, -0.2) is 4.79 Å². The maximum absolute atomic E-state index is 12.8. The number of aromatic nitrogens is 1. The Hall–Kier alpha value is -2.90. The van der Waals surface area contributed by atoms with E-state index in [2.05, 4.69) is 33.5 Å². The Kier molecular flexibility index (Phi) is 6.07.